The van der Waals surface area contributed by atoms with Crippen LogP contribution in [0.15, 0.2) is 103 Å². The molecule has 1 amide bonds. The van der Waals surface area contributed by atoms with Crippen LogP contribution in [0, 0.1) is 0 Å². The van der Waals surface area contributed by atoms with Crippen molar-refractivity contribution in [2.45, 2.75) is 20.0 Å². The summed E-state index contributed by atoms with van der Waals surface area (Å²) in [7, 11) is 0. The molecule has 1 aliphatic heterocycles. The standard InChI is InChI=1S/C31H30N4O/c1-2-35(20-22-9-5-3-6-10-22)21-23-13-16-26(17-14-23)33-30(24-11-7-4-8-12-24)29-27-19-25(32)15-18-28(27)34-31(29)36/h3-19,33H,2,20-21,32H2,1H3,(H,34,36)/b30-29-. The fourth-order valence-electron chi connectivity index (χ4n) is 4.53. The number of nitrogens with one attached hydrogen (secondary N) is 2. The Bertz CT molecular complexity index is 1380. The molecule has 5 rings (SSSR count). The summed E-state index contributed by atoms with van der Waals surface area (Å²) in [6.07, 6.45) is 0. The minimum Gasteiger partial charge on any atom is -0.399 e. The SMILES string of the molecule is CCN(Cc1ccccc1)Cc1ccc(N/C(=C2\C(=O)Nc3ccc(N)cc32)c2ccccc2)cc1. The highest BCUT2D eigenvalue weighted by atomic mass is 16.2. The molecule has 0 unspecified atom stereocenters. The van der Waals surface area contributed by atoms with Crippen molar-refractivity contribution < 1.29 is 4.79 Å². The molecular weight excluding hydrogens is 444 g/mol. The first kappa shape index (κ1) is 23.4. The lowest BCUT2D eigenvalue weighted by Gasteiger charge is -2.21. The third-order valence-electron chi connectivity index (χ3n) is 6.43. The molecule has 0 saturated heterocycles. The Hall–Kier alpha value is -4.35. The number of hydrogen-bond acceptors (Lipinski definition) is 4. The molecule has 180 valence electrons. The Labute approximate surface area is 212 Å². The van der Waals surface area contributed by atoms with Crippen molar-refractivity contribution >= 4 is 34.2 Å². The second-order valence-corrected chi connectivity index (χ2v) is 8.99. The first-order valence-corrected chi connectivity index (χ1v) is 12.2. The van der Waals surface area contributed by atoms with Crippen LogP contribution in [0.3, 0.4) is 0 Å². The summed E-state index contributed by atoms with van der Waals surface area (Å²) >= 11 is 0. The zero-order valence-electron chi connectivity index (χ0n) is 20.4. The van der Waals surface area contributed by atoms with E-state index in [1.165, 1.54) is 11.1 Å². The highest BCUT2D eigenvalue weighted by Crippen LogP contribution is 2.38. The van der Waals surface area contributed by atoms with E-state index in [0.29, 0.717) is 11.3 Å². The van der Waals surface area contributed by atoms with Crippen LogP contribution in [-0.2, 0) is 17.9 Å². The largest absolute Gasteiger partial charge is 0.399 e. The summed E-state index contributed by atoms with van der Waals surface area (Å²) in [5.41, 5.74) is 14.0. The van der Waals surface area contributed by atoms with Crippen LogP contribution in [0.5, 0.6) is 0 Å². The van der Waals surface area contributed by atoms with Gasteiger partial charge >= 0.3 is 0 Å². The van der Waals surface area contributed by atoms with Gasteiger partial charge in [-0.25, -0.2) is 0 Å². The van der Waals surface area contributed by atoms with Gasteiger partial charge in [0.15, 0.2) is 0 Å². The normalized spacial score (nSPS) is 13.9. The van der Waals surface area contributed by atoms with Gasteiger partial charge in [0.1, 0.15) is 0 Å². The fourth-order valence-corrected chi connectivity index (χ4v) is 4.53. The zero-order valence-corrected chi connectivity index (χ0v) is 20.4. The molecule has 0 bridgehead atoms. The van der Waals surface area contributed by atoms with E-state index < -0.39 is 0 Å². The van der Waals surface area contributed by atoms with E-state index in [0.717, 1.165) is 47.8 Å². The quantitative estimate of drug-likeness (QED) is 0.209. The lowest BCUT2D eigenvalue weighted by Crippen LogP contribution is -2.22. The number of benzene rings is 4. The smallest absolute Gasteiger partial charge is 0.258 e. The molecule has 0 aromatic heterocycles. The number of amides is 1. The Morgan fingerprint density at radius 2 is 1.47 bits per heavy atom. The minimum absolute atomic E-state index is 0.141. The molecule has 0 atom stereocenters. The van der Waals surface area contributed by atoms with Crippen molar-refractivity contribution in [3.05, 3.63) is 125 Å². The van der Waals surface area contributed by atoms with Crippen LogP contribution in [0.25, 0.3) is 11.3 Å². The molecule has 0 saturated carbocycles. The molecule has 4 N–H and O–H groups in total. The predicted octanol–water partition coefficient (Wildman–Crippen LogP) is 6.22. The Balaban J connectivity index is 1.42. The molecule has 0 radical (unpaired) electrons. The van der Waals surface area contributed by atoms with Crippen LogP contribution in [0.1, 0.15) is 29.2 Å². The van der Waals surface area contributed by atoms with Crippen molar-refractivity contribution in [1.82, 2.24) is 4.90 Å². The lowest BCUT2D eigenvalue weighted by atomic mass is 9.99. The Morgan fingerprint density at radius 1 is 0.833 bits per heavy atom. The topological polar surface area (TPSA) is 70.4 Å². The minimum atomic E-state index is -0.141. The summed E-state index contributed by atoms with van der Waals surface area (Å²) < 4.78 is 0. The van der Waals surface area contributed by atoms with Crippen LogP contribution in [-0.4, -0.2) is 17.4 Å². The molecule has 0 fully saturated rings. The highest BCUT2D eigenvalue weighted by molar-refractivity contribution is 6.37. The number of carbonyl (C=O) groups is 1. The average Bonchev–Trinajstić information content (AvgIpc) is 3.23. The maximum atomic E-state index is 13.1. The maximum absolute atomic E-state index is 13.1. The molecule has 4 aromatic carbocycles. The van der Waals surface area contributed by atoms with Crippen molar-refractivity contribution in [2.75, 3.05) is 22.9 Å². The number of nitrogens with two attached hydrogens (primary N) is 1. The summed E-state index contributed by atoms with van der Waals surface area (Å²) in [6.45, 7) is 4.94. The number of carbonyl (C=O) groups excluding carboxylic acids is 1. The summed E-state index contributed by atoms with van der Waals surface area (Å²) in [5, 5.41) is 6.50. The van der Waals surface area contributed by atoms with E-state index in [1.54, 1.807) is 6.07 Å². The van der Waals surface area contributed by atoms with Gasteiger partial charge in [-0.05, 0) is 53.6 Å². The monoisotopic (exact) mass is 474 g/mol. The van der Waals surface area contributed by atoms with Gasteiger partial charge in [-0.15, -0.1) is 0 Å². The van der Waals surface area contributed by atoms with Crippen LogP contribution in [0.2, 0.25) is 0 Å². The number of rotatable bonds is 8. The van der Waals surface area contributed by atoms with Crippen molar-refractivity contribution in [3.63, 3.8) is 0 Å². The number of hydrogen-bond donors (Lipinski definition) is 3. The molecule has 1 aliphatic rings. The molecule has 5 nitrogen and oxygen atoms in total. The molecule has 0 aliphatic carbocycles. The van der Waals surface area contributed by atoms with Gasteiger partial charge in [-0.1, -0.05) is 79.7 Å². The first-order chi connectivity index (χ1) is 17.6. The highest BCUT2D eigenvalue weighted by Gasteiger charge is 2.28. The second-order valence-electron chi connectivity index (χ2n) is 8.99. The number of nitrogen functional groups attached to an aromatic ring is 1. The van der Waals surface area contributed by atoms with Gasteiger partial charge in [0.25, 0.3) is 5.91 Å². The zero-order chi connectivity index (χ0) is 24.9. The van der Waals surface area contributed by atoms with E-state index in [-0.39, 0.29) is 5.91 Å². The van der Waals surface area contributed by atoms with E-state index in [9.17, 15) is 4.79 Å². The maximum Gasteiger partial charge on any atom is 0.258 e. The van der Waals surface area contributed by atoms with E-state index in [4.69, 9.17) is 5.73 Å². The molecule has 4 aromatic rings. The summed E-state index contributed by atoms with van der Waals surface area (Å²) in [6, 6.07) is 34.4. The molecule has 1 heterocycles. The van der Waals surface area contributed by atoms with Gasteiger partial charge < -0.3 is 16.4 Å². The lowest BCUT2D eigenvalue weighted by molar-refractivity contribution is -0.110. The van der Waals surface area contributed by atoms with Gasteiger partial charge in [-0.3, -0.25) is 9.69 Å². The fraction of sp³-hybridized carbons (Fsp3) is 0.129. The van der Waals surface area contributed by atoms with Crippen LogP contribution >= 0.6 is 0 Å². The van der Waals surface area contributed by atoms with Crippen molar-refractivity contribution in [2.24, 2.45) is 0 Å². The molecule has 5 heteroatoms. The third kappa shape index (κ3) is 5.16. The Kier molecular flexibility index (Phi) is 6.83. The van der Waals surface area contributed by atoms with E-state index >= 15 is 0 Å². The number of fused-ring (bicyclic) bond motifs is 1. The summed E-state index contributed by atoms with van der Waals surface area (Å²) in [5.74, 6) is -0.141. The molecular formula is C31H30N4O. The predicted molar refractivity (Wildman–Crippen MR) is 149 cm³/mol. The van der Waals surface area contributed by atoms with E-state index in [1.807, 2.05) is 48.5 Å². The second kappa shape index (κ2) is 10.5. The van der Waals surface area contributed by atoms with Crippen LogP contribution < -0.4 is 16.4 Å². The summed E-state index contributed by atoms with van der Waals surface area (Å²) in [4.78, 5) is 15.5. The number of nitrogens with zero attached hydrogens (tertiary/aromatic N) is 1. The molecule has 0 spiro atoms. The van der Waals surface area contributed by atoms with Crippen LogP contribution in [0.4, 0.5) is 17.1 Å². The Morgan fingerprint density at radius 3 is 2.14 bits per heavy atom. The van der Waals surface area contributed by atoms with Gasteiger partial charge in [0.2, 0.25) is 0 Å². The van der Waals surface area contributed by atoms with Gasteiger partial charge in [0, 0.05) is 35.7 Å². The number of anilines is 3. The molecule has 36 heavy (non-hydrogen) atoms. The van der Waals surface area contributed by atoms with E-state index in [2.05, 4.69) is 71.0 Å². The first-order valence-electron chi connectivity index (χ1n) is 12.2. The van der Waals surface area contributed by atoms with Crippen molar-refractivity contribution in [3.8, 4) is 0 Å². The van der Waals surface area contributed by atoms with Gasteiger partial charge in [-0.2, -0.15) is 0 Å². The third-order valence-corrected chi connectivity index (χ3v) is 6.43. The average molecular weight is 475 g/mol. The van der Waals surface area contributed by atoms with Gasteiger partial charge in [0.05, 0.1) is 11.3 Å². The van der Waals surface area contributed by atoms with Crippen molar-refractivity contribution in [1.29, 1.82) is 0 Å².